The van der Waals surface area contributed by atoms with E-state index in [0.29, 0.717) is 17.5 Å². The van der Waals surface area contributed by atoms with Crippen molar-refractivity contribution in [2.45, 2.75) is 12.5 Å². The van der Waals surface area contributed by atoms with Crippen molar-refractivity contribution in [2.24, 2.45) is 0 Å². The van der Waals surface area contributed by atoms with Crippen molar-refractivity contribution in [3.63, 3.8) is 0 Å². The van der Waals surface area contributed by atoms with E-state index in [1.807, 2.05) is 18.2 Å². The Morgan fingerprint density at radius 2 is 1.95 bits per heavy atom. The van der Waals surface area contributed by atoms with Gasteiger partial charge in [0.1, 0.15) is 5.82 Å². The number of benzene rings is 2. The highest BCUT2D eigenvalue weighted by Gasteiger charge is 2.14. The Hall–Kier alpha value is -2.04. The smallest absolute Gasteiger partial charge is 0.141 e. The molecule has 0 radical (unpaired) electrons. The van der Waals surface area contributed by atoms with Crippen molar-refractivity contribution < 1.29 is 9.50 Å². The van der Waals surface area contributed by atoms with Gasteiger partial charge in [0.25, 0.3) is 0 Å². The Bertz CT molecular complexity index is 789. The molecule has 3 nitrogen and oxygen atoms in total. The maximum Gasteiger partial charge on any atom is 0.141 e. The first-order valence-corrected chi connectivity index (χ1v) is 6.84. The Kier molecular flexibility index (Phi) is 3.82. The molecule has 0 spiro atoms. The Balaban J connectivity index is 1.93. The number of rotatable bonds is 3. The van der Waals surface area contributed by atoms with E-state index >= 15 is 0 Å². The molecule has 1 heterocycles. The molecule has 5 heteroatoms. The molecule has 21 heavy (non-hydrogen) atoms. The molecule has 106 valence electrons. The van der Waals surface area contributed by atoms with Gasteiger partial charge < -0.3 is 5.11 Å². The maximum absolute atomic E-state index is 13.2. The fourth-order valence-electron chi connectivity index (χ4n) is 2.28. The Labute approximate surface area is 126 Å². The molecule has 0 aliphatic rings. The van der Waals surface area contributed by atoms with E-state index in [1.165, 1.54) is 12.1 Å². The van der Waals surface area contributed by atoms with E-state index in [0.717, 1.165) is 11.1 Å². The minimum atomic E-state index is -0.757. The number of aliphatic hydroxyl groups is 1. The number of aliphatic hydroxyl groups excluding tert-OH is 1. The summed E-state index contributed by atoms with van der Waals surface area (Å²) in [4.78, 5) is 8.48. The van der Waals surface area contributed by atoms with Crippen LogP contribution in [0.5, 0.6) is 0 Å². The predicted molar refractivity (Wildman–Crippen MR) is 79.6 cm³/mol. The van der Waals surface area contributed by atoms with Crippen molar-refractivity contribution in [1.82, 2.24) is 9.97 Å². The van der Waals surface area contributed by atoms with Gasteiger partial charge in [0.15, 0.2) is 0 Å². The van der Waals surface area contributed by atoms with Crippen LogP contribution in [0.1, 0.15) is 17.2 Å². The van der Waals surface area contributed by atoms with E-state index in [2.05, 4.69) is 9.97 Å². The lowest BCUT2D eigenvalue weighted by Gasteiger charge is -2.13. The zero-order valence-corrected chi connectivity index (χ0v) is 11.8. The van der Waals surface area contributed by atoms with Gasteiger partial charge in [-0.2, -0.15) is 0 Å². The topological polar surface area (TPSA) is 46.0 Å². The highest BCUT2D eigenvalue weighted by atomic mass is 35.5. The molecule has 1 unspecified atom stereocenters. The quantitative estimate of drug-likeness (QED) is 0.802. The molecule has 1 N–H and O–H groups in total. The molecular weight excluding hydrogens is 291 g/mol. The number of para-hydroxylation sites is 1. The fraction of sp³-hybridized carbons (Fsp3) is 0.125. The van der Waals surface area contributed by atoms with Crippen molar-refractivity contribution >= 4 is 22.6 Å². The van der Waals surface area contributed by atoms with Crippen LogP contribution >= 0.6 is 11.6 Å². The summed E-state index contributed by atoms with van der Waals surface area (Å²) in [5.74, 6) is -0.467. The fourth-order valence-corrected chi connectivity index (χ4v) is 2.49. The third-order valence-electron chi connectivity index (χ3n) is 3.30. The van der Waals surface area contributed by atoms with Gasteiger partial charge in [0, 0.05) is 24.4 Å². The summed E-state index contributed by atoms with van der Waals surface area (Å²) in [5, 5.41) is 10.5. The zero-order chi connectivity index (χ0) is 14.8. The third kappa shape index (κ3) is 2.86. The monoisotopic (exact) mass is 302 g/mol. The average Bonchev–Trinajstić information content (AvgIpc) is 2.50. The first-order chi connectivity index (χ1) is 10.1. The van der Waals surface area contributed by atoms with Crippen LogP contribution in [0.2, 0.25) is 5.02 Å². The van der Waals surface area contributed by atoms with Crippen LogP contribution in [0.25, 0.3) is 11.0 Å². The van der Waals surface area contributed by atoms with Gasteiger partial charge >= 0.3 is 0 Å². The summed E-state index contributed by atoms with van der Waals surface area (Å²) in [6.07, 6.45) is 2.77. The second-order valence-corrected chi connectivity index (χ2v) is 5.15. The number of fused-ring (bicyclic) bond motifs is 1. The van der Waals surface area contributed by atoms with Crippen molar-refractivity contribution in [3.05, 3.63) is 70.8 Å². The highest BCUT2D eigenvalue weighted by Crippen LogP contribution is 2.25. The number of aromatic nitrogens is 2. The summed E-state index contributed by atoms with van der Waals surface area (Å²) in [6.45, 7) is 0. The summed E-state index contributed by atoms with van der Waals surface area (Å²) < 4.78 is 13.2. The van der Waals surface area contributed by atoms with E-state index in [9.17, 15) is 9.50 Å². The van der Waals surface area contributed by atoms with E-state index in [4.69, 9.17) is 11.6 Å². The molecule has 1 aromatic heterocycles. The van der Waals surface area contributed by atoms with E-state index in [1.54, 1.807) is 18.5 Å². The third-order valence-corrected chi connectivity index (χ3v) is 3.59. The summed E-state index contributed by atoms with van der Waals surface area (Å²) in [5.41, 5.74) is 2.85. The lowest BCUT2D eigenvalue weighted by molar-refractivity contribution is 0.180. The molecule has 3 aromatic rings. The molecule has 3 rings (SSSR count). The predicted octanol–water partition coefficient (Wildman–Crippen LogP) is 3.70. The number of hydrogen-bond acceptors (Lipinski definition) is 3. The molecule has 0 aliphatic heterocycles. The van der Waals surface area contributed by atoms with Crippen molar-refractivity contribution in [2.75, 3.05) is 0 Å². The minimum absolute atomic E-state index is 0.0532. The molecule has 0 amide bonds. The van der Waals surface area contributed by atoms with E-state index in [-0.39, 0.29) is 5.02 Å². The zero-order valence-electron chi connectivity index (χ0n) is 11.0. The number of nitrogens with zero attached hydrogens (tertiary/aromatic N) is 2. The van der Waals surface area contributed by atoms with Gasteiger partial charge in [-0.3, -0.25) is 9.97 Å². The summed E-state index contributed by atoms with van der Waals surface area (Å²) in [6, 6.07) is 9.92. The van der Waals surface area contributed by atoms with Crippen molar-refractivity contribution in [1.29, 1.82) is 0 Å². The van der Waals surface area contributed by atoms with Crippen LogP contribution in [0.3, 0.4) is 0 Å². The molecule has 0 bridgehead atoms. The molecular formula is C16H12ClFN2O. The second-order valence-electron chi connectivity index (χ2n) is 4.74. The van der Waals surface area contributed by atoms with Gasteiger partial charge in [-0.05, 0) is 23.8 Å². The van der Waals surface area contributed by atoms with Crippen LogP contribution in [-0.4, -0.2) is 15.1 Å². The Morgan fingerprint density at radius 1 is 1.14 bits per heavy atom. The largest absolute Gasteiger partial charge is 0.388 e. The molecule has 0 aliphatic carbocycles. The summed E-state index contributed by atoms with van der Waals surface area (Å²) in [7, 11) is 0. The maximum atomic E-state index is 13.2. The first-order valence-electron chi connectivity index (χ1n) is 6.47. The average molecular weight is 303 g/mol. The van der Waals surface area contributed by atoms with Gasteiger partial charge in [-0.15, -0.1) is 0 Å². The highest BCUT2D eigenvalue weighted by molar-refractivity contribution is 6.30. The summed E-state index contributed by atoms with van der Waals surface area (Å²) >= 11 is 5.76. The molecule has 0 fully saturated rings. The van der Waals surface area contributed by atoms with E-state index < -0.39 is 11.9 Å². The van der Waals surface area contributed by atoms with Gasteiger partial charge in [0.2, 0.25) is 0 Å². The van der Waals surface area contributed by atoms with Crippen LogP contribution in [0.4, 0.5) is 4.39 Å². The van der Waals surface area contributed by atoms with Crippen LogP contribution in [-0.2, 0) is 6.42 Å². The van der Waals surface area contributed by atoms with Gasteiger partial charge in [0.05, 0.1) is 22.2 Å². The van der Waals surface area contributed by atoms with Gasteiger partial charge in [-0.1, -0.05) is 29.8 Å². The molecule has 1 atom stereocenters. The standard InChI is InChI=1S/C16H12ClFN2O/c17-12-8-10(4-5-13(12)18)9-15(21)11-2-1-3-14-16(11)20-7-6-19-14/h1-8,15,21H,9H2. The van der Waals surface area contributed by atoms with Crippen LogP contribution in [0.15, 0.2) is 48.8 Å². The van der Waals surface area contributed by atoms with Crippen molar-refractivity contribution in [3.8, 4) is 0 Å². The SMILES string of the molecule is OC(Cc1ccc(F)c(Cl)c1)c1cccc2nccnc12. The number of hydrogen-bond donors (Lipinski definition) is 1. The van der Waals surface area contributed by atoms with Crippen LogP contribution in [0, 0.1) is 5.82 Å². The molecule has 0 saturated carbocycles. The lowest BCUT2D eigenvalue weighted by Crippen LogP contribution is -2.04. The van der Waals surface area contributed by atoms with Crippen LogP contribution < -0.4 is 0 Å². The second kappa shape index (κ2) is 5.76. The normalized spacial score (nSPS) is 12.5. The number of halogens is 2. The first kappa shape index (κ1) is 13.9. The Morgan fingerprint density at radius 3 is 2.76 bits per heavy atom. The molecule has 0 saturated heterocycles. The molecule has 2 aromatic carbocycles. The lowest BCUT2D eigenvalue weighted by atomic mass is 10.00. The minimum Gasteiger partial charge on any atom is -0.388 e. The van der Waals surface area contributed by atoms with Gasteiger partial charge in [-0.25, -0.2) is 4.39 Å².